The van der Waals surface area contributed by atoms with E-state index in [1.165, 1.54) is 25.6 Å². The fraction of sp³-hybridized carbons (Fsp3) is 0.353. The number of ether oxygens (including phenoxy) is 2. The molecule has 1 aromatic heterocycles. The molecule has 132 valence electrons. The molecule has 0 spiro atoms. The van der Waals surface area contributed by atoms with Crippen molar-refractivity contribution in [3.05, 3.63) is 48.2 Å². The van der Waals surface area contributed by atoms with Gasteiger partial charge in [0, 0.05) is 12.8 Å². The maximum absolute atomic E-state index is 14.3. The molecule has 1 aliphatic heterocycles. The summed E-state index contributed by atoms with van der Waals surface area (Å²) in [5.74, 6) is -0.486. The van der Waals surface area contributed by atoms with E-state index in [2.05, 4.69) is 20.6 Å². The number of hydrogen-bond acceptors (Lipinski definition) is 6. The van der Waals surface area contributed by atoms with Crippen LogP contribution in [-0.4, -0.2) is 48.3 Å². The molecule has 2 heterocycles. The first kappa shape index (κ1) is 17.1. The van der Waals surface area contributed by atoms with Crippen LogP contribution >= 0.6 is 0 Å². The summed E-state index contributed by atoms with van der Waals surface area (Å²) in [7, 11) is 1.36. The van der Waals surface area contributed by atoms with Crippen LogP contribution in [0.5, 0.6) is 5.75 Å². The van der Waals surface area contributed by atoms with Crippen LogP contribution in [0.25, 0.3) is 0 Å². The molecular formula is C17H19FN4O3. The Hall–Kier alpha value is -2.74. The van der Waals surface area contributed by atoms with Crippen molar-refractivity contribution in [2.45, 2.75) is 18.5 Å². The smallest absolute Gasteiger partial charge is 0.254 e. The fourth-order valence-electron chi connectivity index (χ4n) is 2.71. The maximum Gasteiger partial charge on any atom is 0.254 e. The molecule has 0 radical (unpaired) electrons. The van der Waals surface area contributed by atoms with Crippen LogP contribution in [0.2, 0.25) is 0 Å². The molecule has 1 fully saturated rings. The van der Waals surface area contributed by atoms with Gasteiger partial charge in [0.1, 0.15) is 12.1 Å². The Balaban J connectivity index is 1.72. The van der Waals surface area contributed by atoms with Gasteiger partial charge in [0.25, 0.3) is 5.91 Å². The number of aromatic nitrogens is 2. The van der Waals surface area contributed by atoms with Crippen LogP contribution < -0.4 is 15.4 Å². The van der Waals surface area contributed by atoms with Gasteiger partial charge in [-0.05, 0) is 24.6 Å². The predicted octanol–water partition coefficient (Wildman–Crippen LogP) is 1.62. The number of halogens is 1. The van der Waals surface area contributed by atoms with Gasteiger partial charge in [0.15, 0.2) is 11.6 Å². The van der Waals surface area contributed by atoms with Gasteiger partial charge in [0.05, 0.1) is 31.4 Å². The lowest BCUT2D eigenvalue weighted by atomic mass is 10.0. The van der Waals surface area contributed by atoms with Crippen molar-refractivity contribution in [2.24, 2.45) is 0 Å². The van der Waals surface area contributed by atoms with E-state index in [0.717, 1.165) is 0 Å². The highest BCUT2D eigenvalue weighted by molar-refractivity contribution is 5.95. The number of anilines is 1. The van der Waals surface area contributed by atoms with Crippen LogP contribution in [0.15, 0.2) is 36.8 Å². The molecule has 0 saturated carbocycles. The summed E-state index contributed by atoms with van der Waals surface area (Å²) in [5, 5.41) is 6.09. The molecule has 3 rings (SSSR count). The van der Waals surface area contributed by atoms with Gasteiger partial charge in [-0.1, -0.05) is 6.07 Å². The van der Waals surface area contributed by atoms with E-state index in [0.29, 0.717) is 25.5 Å². The van der Waals surface area contributed by atoms with Crippen LogP contribution in [0.3, 0.4) is 0 Å². The molecule has 0 bridgehead atoms. The maximum atomic E-state index is 14.3. The van der Waals surface area contributed by atoms with E-state index in [1.807, 2.05) is 0 Å². The number of nitrogens with zero attached hydrogens (tertiary/aromatic N) is 2. The second kappa shape index (κ2) is 7.89. The number of carbonyl (C=O) groups is 1. The SMILES string of the molecule is COc1cccc(C(=O)N[C@H]2CCOC[C@H]2Nc2ccncn2)c1F. The molecule has 2 aromatic rings. The lowest BCUT2D eigenvalue weighted by molar-refractivity contribution is 0.0618. The summed E-state index contributed by atoms with van der Waals surface area (Å²) in [6, 6.07) is 5.81. The minimum atomic E-state index is -0.671. The van der Waals surface area contributed by atoms with Crippen molar-refractivity contribution >= 4 is 11.7 Å². The molecule has 7 nitrogen and oxygen atoms in total. The Morgan fingerprint density at radius 3 is 3.00 bits per heavy atom. The van der Waals surface area contributed by atoms with Gasteiger partial charge in [-0.25, -0.2) is 14.4 Å². The Morgan fingerprint density at radius 2 is 2.24 bits per heavy atom. The van der Waals surface area contributed by atoms with Crippen molar-refractivity contribution in [1.29, 1.82) is 0 Å². The minimum absolute atomic E-state index is 0.0373. The average Bonchev–Trinajstić information content (AvgIpc) is 2.64. The lowest BCUT2D eigenvalue weighted by Gasteiger charge is -2.33. The summed E-state index contributed by atoms with van der Waals surface area (Å²) in [6.45, 7) is 0.934. The molecule has 25 heavy (non-hydrogen) atoms. The minimum Gasteiger partial charge on any atom is -0.494 e. The van der Waals surface area contributed by atoms with Crippen molar-refractivity contribution in [3.8, 4) is 5.75 Å². The van der Waals surface area contributed by atoms with Crippen molar-refractivity contribution in [1.82, 2.24) is 15.3 Å². The first-order chi connectivity index (χ1) is 12.2. The zero-order chi connectivity index (χ0) is 17.6. The third-order valence-corrected chi connectivity index (χ3v) is 4.02. The number of rotatable bonds is 5. The van der Waals surface area contributed by atoms with Crippen molar-refractivity contribution in [2.75, 3.05) is 25.6 Å². The van der Waals surface area contributed by atoms with E-state index in [-0.39, 0.29) is 23.4 Å². The highest BCUT2D eigenvalue weighted by atomic mass is 19.1. The van der Waals surface area contributed by atoms with Gasteiger partial charge in [-0.15, -0.1) is 0 Å². The molecule has 1 aromatic carbocycles. The molecule has 2 N–H and O–H groups in total. The topological polar surface area (TPSA) is 85.4 Å². The largest absolute Gasteiger partial charge is 0.494 e. The zero-order valence-electron chi connectivity index (χ0n) is 13.7. The number of methoxy groups -OCH3 is 1. The van der Waals surface area contributed by atoms with Gasteiger partial charge in [-0.2, -0.15) is 0 Å². The van der Waals surface area contributed by atoms with Gasteiger partial charge >= 0.3 is 0 Å². The third kappa shape index (κ3) is 4.03. The van der Waals surface area contributed by atoms with Crippen LogP contribution in [0.1, 0.15) is 16.8 Å². The normalized spacial score (nSPS) is 19.9. The summed E-state index contributed by atoms with van der Waals surface area (Å²) in [4.78, 5) is 20.5. The third-order valence-electron chi connectivity index (χ3n) is 4.02. The number of carbonyl (C=O) groups excluding carboxylic acids is 1. The monoisotopic (exact) mass is 346 g/mol. The Morgan fingerprint density at radius 1 is 1.36 bits per heavy atom. The Kier molecular flexibility index (Phi) is 5.39. The summed E-state index contributed by atoms with van der Waals surface area (Å²) >= 11 is 0. The van der Waals surface area contributed by atoms with Gasteiger partial charge < -0.3 is 20.1 Å². The van der Waals surface area contributed by atoms with E-state index >= 15 is 0 Å². The van der Waals surface area contributed by atoms with Gasteiger partial charge in [0.2, 0.25) is 0 Å². The molecule has 8 heteroatoms. The van der Waals surface area contributed by atoms with Crippen molar-refractivity contribution < 1.29 is 18.7 Å². The highest BCUT2D eigenvalue weighted by Crippen LogP contribution is 2.21. The fourth-order valence-corrected chi connectivity index (χ4v) is 2.71. The Labute approximate surface area is 144 Å². The van der Waals surface area contributed by atoms with E-state index in [4.69, 9.17) is 9.47 Å². The van der Waals surface area contributed by atoms with Crippen LogP contribution in [0.4, 0.5) is 10.2 Å². The predicted molar refractivity (Wildman–Crippen MR) is 89.1 cm³/mol. The second-order valence-corrected chi connectivity index (χ2v) is 5.61. The van der Waals surface area contributed by atoms with E-state index < -0.39 is 11.7 Å². The Bertz CT molecular complexity index is 729. The summed E-state index contributed by atoms with van der Waals surface area (Å²) < 4.78 is 24.7. The first-order valence-electron chi connectivity index (χ1n) is 7.92. The molecule has 0 unspecified atom stereocenters. The second-order valence-electron chi connectivity index (χ2n) is 5.61. The molecule has 2 atom stereocenters. The molecule has 1 amide bonds. The molecular weight excluding hydrogens is 327 g/mol. The van der Waals surface area contributed by atoms with E-state index in [1.54, 1.807) is 18.3 Å². The standard InChI is InChI=1S/C17H19FN4O3/c1-24-14-4-2-3-11(16(14)18)17(23)22-12-6-8-25-9-13(12)21-15-5-7-19-10-20-15/h2-5,7,10,12-13H,6,8-9H2,1H3,(H,22,23)(H,19,20,21)/t12-,13+/m0/s1. The lowest BCUT2D eigenvalue weighted by Crippen LogP contribution is -2.52. The zero-order valence-corrected chi connectivity index (χ0v) is 13.7. The quantitative estimate of drug-likeness (QED) is 0.856. The number of nitrogens with one attached hydrogen (secondary N) is 2. The average molecular weight is 346 g/mol. The molecule has 0 aliphatic carbocycles. The highest BCUT2D eigenvalue weighted by Gasteiger charge is 2.28. The number of benzene rings is 1. The van der Waals surface area contributed by atoms with Gasteiger partial charge in [-0.3, -0.25) is 4.79 Å². The summed E-state index contributed by atoms with van der Waals surface area (Å²) in [5.41, 5.74) is -0.0494. The van der Waals surface area contributed by atoms with Crippen LogP contribution in [-0.2, 0) is 4.74 Å². The molecule has 1 aliphatic rings. The molecule has 1 saturated heterocycles. The number of amides is 1. The number of hydrogen-bond donors (Lipinski definition) is 2. The van der Waals surface area contributed by atoms with E-state index in [9.17, 15) is 9.18 Å². The van der Waals surface area contributed by atoms with Crippen molar-refractivity contribution in [3.63, 3.8) is 0 Å². The van der Waals surface area contributed by atoms with Crippen LogP contribution in [0, 0.1) is 5.82 Å². The first-order valence-corrected chi connectivity index (χ1v) is 7.92. The summed E-state index contributed by atoms with van der Waals surface area (Å²) in [6.07, 6.45) is 3.67.